The Morgan fingerprint density at radius 3 is 2.38 bits per heavy atom. The van der Waals surface area contributed by atoms with Gasteiger partial charge in [-0.2, -0.15) is 5.10 Å². The molecule has 0 spiro atoms. The number of sulfonamides is 1. The van der Waals surface area contributed by atoms with Crippen LogP contribution in [0.15, 0.2) is 71.2 Å². The molecule has 0 saturated carbocycles. The minimum atomic E-state index is -3.70. The van der Waals surface area contributed by atoms with Crippen LogP contribution >= 0.6 is 0 Å². The third-order valence-corrected chi connectivity index (χ3v) is 6.12. The van der Waals surface area contributed by atoms with Crippen LogP contribution in [0.25, 0.3) is 0 Å². The fraction of sp³-hybridized carbons (Fsp3) is 0.158. The van der Waals surface area contributed by atoms with Crippen molar-refractivity contribution in [3.63, 3.8) is 0 Å². The number of rotatable bonds is 4. The van der Waals surface area contributed by atoms with E-state index in [4.69, 9.17) is 0 Å². The number of carbonyl (C=O) groups is 1. The highest BCUT2D eigenvalue weighted by Gasteiger charge is 2.34. The van der Waals surface area contributed by atoms with Gasteiger partial charge in [0.05, 0.1) is 11.1 Å². The third kappa shape index (κ3) is 2.95. The van der Waals surface area contributed by atoms with Crippen molar-refractivity contribution < 1.29 is 13.2 Å². The van der Waals surface area contributed by atoms with Crippen molar-refractivity contribution in [2.24, 2.45) is 5.10 Å². The molecular weight excluding hydrogens is 350 g/mol. The number of hydrogen-bond acceptors (Lipinski definition) is 4. The summed E-state index contributed by atoms with van der Waals surface area (Å²) in [7, 11) is -0.742. The van der Waals surface area contributed by atoms with Gasteiger partial charge >= 0.3 is 0 Å². The van der Waals surface area contributed by atoms with Crippen LogP contribution in [0.1, 0.15) is 22.7 Å². The first-order chi connectivity index (χ1) is 12.4. The summed E-state index contributed by atoms with van der Waals surface area (Å²) in [6.45, 7) is 3.53. The Bertz CT molecular complexity index is 997. The predicted molar refractivity (Wildman–Crippen MR) is 100 cm³/mol. The maximum Gasteiger partial charge on any atom is 0.266 e. The minimum absolute atomic E-state index is 0.142. The molecule has 134 valence electrons. The normalized spacial score (nSPS) is 16.4. The van der Waals surface area contributed by atoms with Crippen LogP contribution in [0.5, 0.6) is 0 Å². The van der Waals surface area contributed by atoms with Gasteiger partial charge in [-0.3, -0.25) is 4.79 Å². The summed E-state index contributed by atoms with van der Waals surface area (Å²) in [5.74, 6) is -0.405. The Hall–Kier alpha value is -2.77. The van der Waals surface area contributed by atoms with E-state index in [0.717, 1.165) is 15.4 Å². The molecule has 0 aliphatic carbocycles. The highest BCUT2D eigenvalue weighted by Crippen LogP contribution is 2.37. The van der Waals surface area contributed by atoms with E-state index in [1.54, 1.807) is 30.5 Å². The fourth-order valence-electron chi connectivity index (χ4n) is 2.92. The molecule has 0 N–H and O–H groups in total. The first-order valence-electron chi connectivity index (χ1n) is 7.98. The van der Waals surface area contributed by atoms with Gasteiger partial charge in [-0.1, -0.05) is 49.0 Å². The van der Waals surface area contributed by atoms with Crippen molar-refractivity contribution >= 4 is 22.1 Å². The van der Waals surface area contributed by atoms with E-state index in [9.17, 15) is 13.2 Å². The van der Waals surface area contributed by atoms with Gasteiger partial charge in [0.25, 0.3) is 5.91 Å². The average Bonchev–Trinajstić information content (AvgIpc) is 2.66. The lowest BCUT2D eigenvalue weighted by Gasteiger charge is -2.32. The number of amides is 1. The smallest absolute Gasteiger partial charge is 0.266 e. The molecule has 7 heteroatoms. The van der Waals surface area contributed by atoms with Gasteiger partial charge in [0.15, 0.2) is 0 Å². The monoisotopic (exact) mass is 369 g/mol. The molecule has 0 fully saturated rings. The van der Waals surface area contributed by atoms with Crippen molar-refractivity contribution in [2.75, 3.05) is 14.1 Å². The van der Waals surface area contributed by atoms with Gasteiger partial charge in [-0.25, -0.2) is 17.7 Å². The van der Waals surface area contributed by atoms with Crippen molar-refractivity contribution in [3.8, 4) is 0 Å². The summed E-state index contributed by atoms with van der Waals surface area (Å²) < 4.78 is 26.8. The highest BCUT2D eigenvalue weighted by molar-refractivity contribution is 7.89. The first-order valence-corrected chi connectivity index (χ1v) is 9.42. The number of carbonyl (C=O) groups excluding carboxylic acids is 1. The van der Waals surface area contributed by atoms with E-state index in [-0.39, 0.29) is 4.90 Å². The van der Waals surface area contributed by atoms with E-state index in [2.05, 4.69) is 11.7 Å². The zero-order valence-corrected chi connectivity index (χ0v) is 15.3. The topological polar surface area (TPSA) is 70.0 Å². The molecule has 2 aromatic carbocycles. The lowest BCUT2D eigenvalue weighted by Crippen LogP contribution is -2.34. The molecule has 0 aromatic heterocycles. The first kappa shape index (κ1) is 18.0. The minimum Gasteiger partial charge on any atom is -0.268 e. The van der Waals surface area contributed by atoms with Gasteiger partial charge in [0, 0.05) is 25.2 Å². The van der Waals surface area contributed by atoms with Crippen LogP contribution in [-0.2, 0) is 14.8 Å². The lowest BCUT2D eigenvalue weighted by molar-refractivity contribution is -0.127. The average molecular weight is 369 g/mol. The number of hydrogen-bond donors (Lipinski definition) is 0. The van der Waals surface area contributed by atoms with Crippen LogP contribution in [-0.4, -0.2) is 43.9 Å². The number of benzene rings is 2. The zero-order valence-electron chi connectivity index (χ0n) is 14.5. The standard InChI is InChI=1S/C19H19N3O3S/c1-4-18(23)22-19(15-10-6-5-9-14(15)13-20-22)16-11-7-8-12-17(16)26(24,25)21(2)3/h4-13,19H,1H2,2-3H3. The molecule has 26 heavy (non-hydrogen) atoms. The van der Waals surface area contributed by atoms with Crippen molar-refractivity contribution in [2.45, 2.75) is 10.9 Å². The second kappa shape index (κ2) is 6.86. The summed E-state index contributed by atoms with van der Waals surface area (Å²) >= 11 is 0. The SMILES string of the molecule is C=CC(=O)N1N=Cc2ccccc2C1c1ccccc1S(=O)(=O)N(C)C. The van der Waals surface area contributed by atoms with E-state index in [0.29, 0.717) is 5.56 Å². The van der Waals surface area contributed by atoms with E-state index < -0.39 is 22.0 Å². The van der Waals surface area contributed by atoms with Gasteiger partial charge < -0.3 is 0 Å². The molecule has 1 heterocycles. The van der Waals surface area contributed by atoms with Gasteiger partial charge in [-0.05, 0) is 17.7 Å². The quantitative estimate of drug-likeness (QED) is 0.777. The Morgan fingerprint density at radius 1 is 1.12 bits per heavy atom. The summed E-state index contributed by atoms with van der Waals surface area (Å²) in [4.78, 5) is 12.5. The molecule has 1 amide bonds. The Kier molecular flexibility index (Phi) is 4.76. The third-order valence-electron chi connectivity index (χ3n) is 4.23. The second-order valence-corrected chi connectivity index (χ2v) is 8.11. The summed E-state index contributed by atoms with van der Waals surface area (Å²) in [6.07, 6.45) is 2.76. The molecule has 2 aromatic rings. The maximum absolute atomic E-state index is 12.8. The van der Waals surface area contributed by atoms with Crippen molar-refractivity contribution in [3.05, 3.63) is 77.9 Å². The summed E-state index contributed by atoms with van der Waals surface area (Å²) in [6, 6.07) is 13.5. The molecule has 0 saturated heterocycles. The van der Waals surface area contributed by atoms with Crippen LogP contribution in [0, 0.1) is 0 Å². The summed E-state index contributed by atoms with van der Waals surface area (Å²) in [5, 5.41) is 5.51. The van der Waals surface area contributed by atoms with Crippen molar-refractivity contribution in [1.82, 2.24) is 9.31 Å². The summed E-state index contributed by atoms with van der Waals surface area (Å²) in [5.41, 5.74) is 2.13. The molecule has 1 aliphatic rings. The Morgan fingerprint density at radius 2 is 1.73 bits per heavy atom. The van der Waals surface area contributed by atoms with Crippen LogP contribution in [0.2, 0.25) is 0 Å². The van der Waals surface area contributed by atoms with Crippen LogP contribution in [0.3, 0.4) is 0 Å². The molecule has 0 bridgehead atoms. The predicted octanol–water partition coefficient (Wildman–Crippen LogP) is 2.39. The molecule has 6 nitrogen and oxygen atoms in total. The van der Waals surface area contributed by atoms with Crippen molar-refractivity contribution in [1.29, 1.82) is 0 Å². The number of fused-ring (bicyclic) bond motifs is 1. The maximum atomic E-state index is 12.8. The zero-order chi connectivity index (χ0) is 18.9. The second-order valence-electron chi connectivity index (χ2n) is 5.99. The fourth-order valence-corrected chi connectivity index (χ4v) is 4.04. The highest BCUT2D eigenvalue weighted by atomic mass is 32.2. The molecule has 0 radical (unpaired) electrons. The van der Waals surface area contributed by atoms with Crippen LogP contribution in [0.4, 0.5) is 0 Å². The van der Waals surface area contributed by atoms with E-state index >= 15 is 0 Å². The Balaban J connectivity index is 2.28. The van der Waals surface area contributed by atoms with E-state index in [1.807, 2.05) is 24.3 Å². The van der Waals surface area contributed by atoms with Gasteiger partial charge in [-0.15, -0.1) is 0 Å². The molecule has 1 aliphatic heterocycles. The van der Waals surface area contributed by atoms with Gasteiger partial charge in [0.1, 0.15) is 6.04 Å². The molecule has 1 unspecified atom stereocenters. The number of nitrogens with zero attached hydrogens (tertiary/aromatic N) is 3. The molecule has 1 atom stereocenters. The van der Waals surface area contributed by atoms with Crippen LogP contribution < -0.4 is 0 Å². The van der Waals surface area contributed by atoms with E-state index in [1.165, 1.54) is 25.2 Å². The Labute approximate surface area is 153 Å². The molecular formula is C19H19N3O3S. The lowest BCUT2D eigenvalue weighted by atomic mass is 9.93. The van der Waals surface area contributed by atoms with Gasteiger partial charge in [0.2, 0.25) is 10.0 Å². The molecule has 3 rings (SSSR count). The number of hydrazone groups is 1. The largest absolute Gasteiger partial charge is 0.268 e.